The number of sulfone groups is 1. The largest absolute Gasteiger partial charge is 0.311 e. The van der Waals surface area contributed by atoms with Crippen molar-refractivity contribution in [1.82, 2.24) is 15.1 Å². The molecular weight excluding hydrogens is 274 g/mol. The van der Waals surface area contributed by atoms with Crippen molar-refractivity contribution in [2.45, 2.75) is 26.9 Å². The molecule has 110 valence electrons. The van der Waals surface area contributed by atoms with Gasteiger partial charge in [-0.05, 0) is 12.6 Å². The van der Waals surface area contributed by atoms with Crippen LogP contribution in [0.25, 0.3) is 10.9 Å². The summed E-state index contributed by atoms with van der Waals surface area (Å²) in [6, 6.07) is 7.94. The molecule has 6 heteroatoms. The highest BCUT2D eigenvalue weighted by Crippen LogP contribution is 2.18. The van der Waals surface area contributed by atoms with E-state index in [0.29, 0.717) is 13.1 Å². The molecule has 0 unspecified atom stereocenters. The molecule has 1 aromatic heterocycles. The molecule has 0 aliphatic heterocycles. The van der Waals surface area contributed by atoms with Crippen molar-refractivity contribution in [2.24, 2.45) is 0 Å². The minimum Gasteiger partial charge on any atom is -0.311 e. The van der Waals surface area contributed by atoms with Gasteiger partial charge in [-0.1, -0.05) is 32.0 Å². The van der Waals surface area contributed by atoms with E-state index in [4.69, 9.17) is 0 Å². The summed E-state index contributed by atoms with van der Waals surface area (Å²) >= 11 is 0. The third-order valence-corrected chi connectivity index (χ3v) is 5.02. The molecule has 20 heavy (non-hydrogen) atoms. The minimum absolute atomic E-state index is 0.135. The Balaban J connectivity index is 2.29. The number of aromatic nitrogens is 2. The number of rotatable bonds is 7. The molecule has 1 N–H and O–H groups in total. The van der Waals surface area contributed by atoms with Gasteiger partial charge in [0.15, 0.2) is 9.84 Å². The number of hydrogen-bond acceptors (Lipinski definition) is 4. The fourth-order valence-corrected chi connectivity index (χ4v) is 2.85. The fourth-order valence-electron chi connectivity index (χ4n) is 2.11. The Hall–Kier alpha value is -1.40. The van der Waals surface area contributed by atoms with Crippen LogP contribution in [0.3, 0.4) is 0 Å². The van der Waals surface area contributed by atoms with E-state index in [0.717, 1.165) is 23.1 Å². The zero-order valence-corrected chi connectivity index (χ0v) is 12.8. The van der Waals surface area contributed by atoms with Gasteiger partial charge in [-0.2, -0.15) is 5.10 Å². The van der Waals surface area contributed by atoms with Crippen molar-refractivity contribution >= 4 is 20.7 Å². The van der Waals surface area contributed by atoms with Crippen LogP contribution in [0.4, 0.5) is 0 Å². The Morgan fingerprint density at radius 1 is 1.25 bits per heavy atom. The van der Waals surface area contributed by atoms with Crippen molar-refractivity contribution in [1.29, 1.82) is 0 Å². The fraction of sp³-hybridized carbons (Fsp3) is 0.500. The van der Waals surface area contributed by atoms with Crippen LogP contribution in [-0.4, -0.2) is 36.2 Å². The number of aryl methyl sites for hydroxylation is 1. The lowest BCUT2D eigenvalue weighted by molar-refractivity contribution is 0.582. The zero-order valence-electron chi connectivity index (χ0n) is 12.0. The van der Waals surface area contributed by atoms with Gasteiger partial charge in [-0.15, -0.1) is 0 Å². The number of hydrogen-bond donors (Lipinski definition) is 1. The first-order valence-electron chi connectivity index (χ1n) is 6.93. The second kappa shape index (κ2) is 6.37. The van der Waals surface area contributed by atoms with E-state index in [9.17, 15) is 8.42 Å². The Bertz CT molecular complexity index is 677. The zero-order chi connectivity index (χ0) is 14.6. The van der Waals surface area contributed by atoms with Gasteiger partial charge < -0.3 is 5.32 Å². The quantitative estimate of drug-likeness (QED) is 0.842. The summed E-state index contributed by atoms with van der Waals surface area (Å²) in [6.45, 7) is 5.71. The van der Waals surface area contributed by atoms with Gasteiger partial charge in [-0.3, -0.25) is 4.68 Å². The lowest BCUT2D eigenvalue weighted by atomic mass is 10.2. The van der Waals surface area contributed by atoms with Crippen LogP contribution >= 0.6 is 0 Å². The number of benzene rings is 1. The van der Waals surface area contributed by atoms with Gasteiger partial charge in [0.25, 0.3) is 0 Å². The molecule has 0 bridgehead atoms. The predicted octanol–water partition coefficient (Wildman–Crippen LogP) is 1.58. The third kappa shape index (κ3) is 3.37. The maximum absolute atomic E-state index is 11.6. The molecule has 0 saturated heterocycles. The normalized spacial score (nSPS) is 12.1. The van der Waals surface area contributed by atoms with E-state index in [1.54, 1.807) is 11.6 Å². The van der Waals surface area contributed by atoms with Crippen molar-refractivity contribution < 1.29 is 8.42 Å². The number of nitrogens with zero attached hydrogens (tertiary/aromatic N) is 2. The smallest absolute Gasteiger partial charge is 0.151 e. The van der Waals surface area contributed by atoms with Gasteiger partial charge in [0.05, 0.1) is 23.5 Å². The van der Waals surface area contributed by atoms with Gasteiger partial charge in [0.2, 0.25) is 0 Å². The van der Waals surface area contributed by atoms with Crippen molar-refractivity contribution in [2.75, 3.05) is 18.1 Å². The van der Waals surface area contributed by atoms with Crippen molar-refractivity contribution in [3.8, 4) is 0 Å². The third-order valence-electron chi connectivity index (χ3n) is 3.33. The van der Waals surface area contributed by atoms with Gasteiger partial charge in [-0.25, -0.2) is 8.42 Å². The lowest BCUT2D eigenvalue weighted by Crippen LogP contribution is -2.16. The van der Waals surface area contributed by atoms with Crippen LogP contribution in [0.15, 0.2) is 24.3 Å². The predicted molar refractivity (Wildman–Crippen MR) is 81.4 cm³/mol. The molecule has 0 aliphatic carbocycles. The molecule has 1 aromatic carbocycles. The average Bonchev–Trinajstić information content (AvgIpc) is 2.81. The monoisotopic (exact) mass is 295 g/mol. The summed E-state index contributed by atoms with van der Waals surface area (Å²) in [5.41, 5.74) is 1.96. The maximum Gasteiger partial charge on any atom is 0.151 e. The molecule has 0 radical (unpaired) electrons. The highest BCUT2D eigenvalue weighted by Gasteiger charge is 2.12. The molecule has 1 heterocycles. The Morgan fingerprint density at radius 2 is 2.00 bits per heavy atom. The first-order chi connectivity index (χ1) is 9.57. The first-order valence-corrected chi connectivity index (χ1v) is 8.75. The summed E-state index contributed by atoms with van der Waals surface area (Å²) in [5.74, 6) is 0.312. The molecule has 2 aromatic rings. The van der Waals surface area contributed by atoms with Crippen LogP contribution in [0.1, 0.15) is 19.5 Å². The Labute approximate surface area is 119 Å². The van der Waals surface area contributed by atoms with Crippen LogP contribution in [0, 0.1) is 0 Å². The molecule has 5 nitrogen and oxygen atoms in total. The van der Waals surface area contributed by atoms with E-state index < -0.39 is 9.84 Å². The number of para-hydroxylation sites is 1. The highest BCUT2D eigenvalue weighted by molar-refractivity contribution is 7.91. The molecule has 0 fully saturated rings. The lowest BCUT2D eigenvalue weighted by Gasteiger charge is -2.03. The second-order valence-electron chi connectivity index (χ2n) is 4.70. The second-order valence-corrected chi connectivity index (χ2v) is 7.18. The van der Waals surface area contributed by atoms with E-state index in [2.05, 4.69) is 10.4 Å². The Kier molecular flexibility index (Phi) is 4.77. The molecule has 0 aliphatic rings. The summed E-state index contributed by atoms with van der Waals surface area (Å²) in [7, 11) is -2.97. The van der Waals surface area contributed by atoms with Gasteiger partial charge in [0, 0.05) is 17.7 Å². The molecule has 0 atom stereocenters. The Morgan fingerprint density at radius 3 is 2.70 bits per heavy atom. The SMILES string of the molecule is CCNCc1nn(CCS(=O)(=O)CC)c2ccccc12. The molecule has 0 spiro atoms. The van der Waals surface area contributed by atoms with Gasteiger partial charge >= 0.3 is 0 Å². The summed E-state index contributed by atoms with van der Waals surface area (Å²) < 4.78 is 25.1. The summed E-state index contributed by atoms with van der Waals surface area (Å²) in [5, 5.41) is 8.90. The van der Waals surface area contributed by atoms with Crippen LogP contribution in [0.5, 0.6) is 0 Å². The van der Waals surface area contributed by atoms with E-state index in [-0.39, 0.29) is 11.5 Å². The first kappa shape index (κ1) is 15.0. The van der Waals surface area contributed by atoms with Gasteiger partial charge in [0.1, 0.15) is 0 Å². The highest BCUT2D eigenvalue weighted by atomic mass is 32.2. The number of fused-ring (bicyclic) bond motifs is 1. The maximum atomic E-state index is 11.6. The van der Waals surface area contributed by atoms with E-state index in [1.165, 1.54) is 0 Å². The van der Waals surface area contributed by atoms with E-state index in [1.807, 2.05) is 31.2 Å². The standard InChI is InChI=1S/C14H21N3O2S/c1-3-15-11-13-12-7-5-6-8-14(12)17(16-13)9-10-20(18,19)4-2/h5-8,15H,3-4,9-11H2,1-2H3. The number of nitrogens with one attached hydrogen (secondary N) is 1. The summed E-state index contributed by atoms with van der Waals surface area (Å²) in [6.07, 6.45) is 0. The minimum atomic E-state index is -2.97. The van der Waals surface area contributed by atoms with Crippen molar-refractivity contribution in [3.05, 3.63) is 30.0 Å². The molecule has 0 saturated carbocycles. The van der Waals surface area contributed by atoms with Crippen molar-refractivity contribution in [3.63, 3.8) is 0 Å². The average molecular weight is 295 g/mol. The van der Waals surface area contributed by atoms with Crippen LogP contribution in [0.2, 0.25) is 0 Å². The van der Waals surface area contributed by atoms with Crippen LogP contribution in [-0.2, 0) is 22.9 Å². The van der Waals surface area contributed by atoms with Crippen LogP contribution < -0.4 is 5.32 Å². The molecule has 0 amide bonds. The van der Waals surface area contributed by atoms with E-state index >= 15 is 0 Å². The molecule has 2 rings (SSSR count). The topological polar surface area (TPSA) is 64.0 Å². The summed E-state index contributed by atoms with van der Waals surface area (Å²) in [4.78, 5) is 0. The molecular formula is C14H21N3O2S.